The van der Waals surface area contributed by atoms with Crippen molar-refractivity contribution in [3.63, 3.8) is 0 Å². The Bertz CT molecular complexity index is 434. The van der Waals surface area contributed by atoms with Crippen molar-refractivity contribution in [2.24, 2.45) is 5.10 Å². The highest BCUT2D eigenvalue weighted by molar-refractivity contribution is 6.04. The molecule has 17 heavy (non-hydrogen) atoms. The molecular formula is C14H18N2O. The molecule has 0 atom stereocenters. The molecule has 1 aromatic carbocycles. The second kappa shape index (κ2) is 5.13. The topological polar surface area (TPSA) is 32.7 Å². The van der Waals surface area contributed by atoms with Crippen LogP contribution in [0.5, 0.6) is 0 Å². The lowest BCUT2D eigenvalue weighted by molar-refractivity contribution is -0.129. The first-order chi connectivity index (χ1) is 8.19. The van der Waals surface area contributed by atoms with Crippen molar-refractivity contribution in [1.82, 2.24) is 5.01 Å². The highest BCUT2D eigenvalue weighted by Crippen LogP contribution is 2.15. The van der Waals surface area contributed by atoms with Gasteiger partial charge in [-0.15, -0.1) is 0 Å². The normalized spacial score (nSPS) is 15.3. The van der Waals surface area contributed by atoms with Gasteiger partial charge in [-0.05, 0) is 18.9 Å². The average molecular weight is 230 g/mol. The summed E-state index contributed by atoms with van der Waals surface area (Å²) in [5, 5.41) is 5.97. The number of carbonyl (C=O) groups excluding carboxylic acids is 1. The van der Waals surface area contributed by atoms with E-state index in [1.165, 1.54) is 5.56 Å². The maximum absolute atomic E-state index is 11.7. The number of hydrogen-bond donors (Lipinski definition) is 0. The minimum absolute atomic E-state index is 0.119. The SMILES string of the molecule is CCCC1=NN(Cc2ccc(C)cc2)C(=O)C1. The van der Waals surface area contributed by atoms with E-state index >= 15 is 0 Å². The summed E-state index contributed by atoms with van der Waals surface area (Å²) in [7, 11) is 0. The lowest BCUT2D eigenvalue weighted by atomic mass is 10.1. The Hall–Kier alpha value is -1.64. The Kier molecular flexibility index (Phi) is 3.57. The van der Waals surface area contributed by atoms with Crippen LogP contribution < -0.4 is 0 Å². The molecule has 1 amide bonds. The summed E-state index contributed by atoms with van der Waals surface area (Å²) in [6.07, 6.45) is 2.47. The summed E-state index contributed by atoms with van der Waals surface area (Å²) in [5.74, 6) is 0.119. The number of rotatable bonds is 4. The van der Waals surface area contributed by atoms with E-state index in [2.05, 4.69) is 43.2 Å². The molecule has 90 valence electrons. The number of nitrogens with zero attached hydrogens (tertiary/aromatic N) is 2. The van der Waals surface area contributed by atoms with Crippen LogP contribution in [-0.2, 0) is 11.3 Å². The maximum Gasteiger partial charge on any atom is 0.248 e. The van der Waals surface area contributed by atoms with Gasteiger partial charge < -0.3 is 0 Å². The van der Waals surface area contributed by atoms with E-state index in [1.807, 2.05) is 0 Å². The number of carbonyl (C=O) groups is 1. The molecule has 0 radical (unpaired) electrons. The molecule has 0 aromatic heterocycles. The molecule has 1 heterocycles. The van der Waals surface area contributed by atoms with Gasteiger partial charge in [-0.25, -0.2) is 5.01 Å². The van der Waals surface area contributed by atoms with Gasteiger partial charge in [-0.1, -0.05) is 43.2 Å². The number of aryl methyl sites for hydroxylation is 1. The molecule has 1 aliphatic heterocycles. The number of hydrogen-bond acceptors (Lipinski definition) is 2. The predicted octanol–water partition coefficient (Wildman–Crippen LogP) is 2.88. The van der Waals surface area contributed by atoms with Crippen LogP contribution in [0.15, 0.2) is 29.4 Å². The van der Waals surface area contributed by atoms with Crippen molar-refractivity contribution in [1.29, 1.82) is 0 Å². The van der Waals surface area contributed by atoms with Crippen molar-refractivity contribution in [2.45, 2.75) is 39.7 Å². The van der Waals surface area contributed by atoms with Crippen LogP contribution in [0.1, 0.15) is 37.3 Å². The van der Waals surface area contributed by atoms with Crippen molar-refractivity contribution < 1.29 is 4.79 Å². The van der Waals surface area contributed by atoms with E-state index in [9.17, 15) is 4.79 Å². The third-order valence-corrected chi connectivity index (χ3v) is 2.90. The maximum atomic E-state index is 11.7. The van der Waals surface area contributed by atoms with Crippen LogP contribution in [0.3, 0.4) is 0 Å². The number of benzene rings is 1. The third-order valence-electron chi connectivity index (χ3n) is 2.90. The van der Waals surface area contributed by atoms with Crippen LogP contribution >= 0.6 is 0 Å². The van der Waals surface area contributed by atoms with E-state index in [1.54, 1.807) is 5.01 Å². The van der Waals surface area contributed by atoms with E-state index in [-0.39, 0.29) is 5.91 Å². The van der Waals surface area contributed by atoms with Gasteiger partial charge in [0.2, 0.25) is 5.91 Å². The van der Waals surface area contributed by atoms with Gasteiger partial charge in [0.25, 0.3) is 0 Å². The first kappa shape index (κ1) is 11.8. The zero-order chi connectivity index (χ0) is 12.3. The minimum Gasteiger partial charge on any atom is -0.273 e. The third kappa shape index (κ3) is 2.93. The molecule has 0 saturated heterocycles. The summed E-state index contributed by atoms with van der Waals surface area (Å²) in [6.45, 7) is 4.75. The van der Waals surface area contributed by atoms with E-state index in [0.717, 1.165) is 24.1 Å². The Morgan fingerprint density at radius 3 is 2.65 bits per heavy atom. The molecular weight excluding hydrogens is 212 g/mol. The molecule has 2 rings (SSSR count). The van der Waals surface area contributed by atoms with Crippen LogP contribution in [0.4, 0.5) is 0 Å². The number of hydrazone groups is 1. The first-order valence-corrected chi connectivity index (χ1v) is 6.11. The van der Waals surface area contributed by atoms with E-state index in [0.29, 0.717) is 13.0 Å². The van der Waals surface area contributed by atoms with Gasteiger partial charge in [0.05, 0.1) is 13.0 Å². The van der Waals surface area contributed by atoms with E-state index < -0.39 is 0 Å². The summed E-state index contributed by atoms with van der Waals surface area (Å²) in [5.41, 5.74) is 3.38. The van der Waals surface area contributed by atoms with E-state index in [4.69, 9.17) is 0 Å². The lowest BCUT2D eigenvalue weighted by Gasteiger charge is -2.11. The molecule has 3 nitrogen and oxygen atoms in total. The van der Waals surface area contributed by atoms with Gasteiger partial charge in [0.1, 0.15) is 0 Å². The van der Waals surface area contributed by atoms with Crippen molar-refractivity contribution in [3.05, 3.63) is 35.4 Å². The summed E-state index contributed by atoms with van der Waals surface area (Å²) >= 11 is 0. The molecule has 0 saturated carbocycles. The van der Waals surface area contributed by atoms with Gasteiger partial charge in [-0.3, -0.25) is 4.79 Å². The van der Waals surface area contributed by atoms with Gasteiger partial charge in [0.15, 0.2) is 0 Å². The molecule has 0 bridgehead atoms. The highest BCUT2D eigenvalue weighted by Gasteiger charge is 2.22. The molecule has 0 N–H and O–H groups in total. The van der Waals surface area contributed by atoms with Crippen LogP contribution in [0.2, 0.25) is 0 Å². The van der Waals surface area contributed by atoms with Crippen molar-refractivity contribution >= 4 is 11.6 Å². The van der Waals surface area contributed by atoms with Gasteiger partial charge in [-0.2, -0.15) is 5.10 Å². The van der Waals surface area contributed by atoms with Crippen LogP contribution in [0, 0.1) is 6.92 Å². The molecule has 0 aliphatic carbocycles. The fourth-order valence-corrected chi connectivity index (χ4v) is 1.94. The van der Waals surface area contributed by atoms with Gasteiger partial charge in [0, 0.05) is 5.71 Å². The summed E-state index contributed by atoms with van der Waals surface area (Å²) in [4.78, 5) is 11.7. The zero-order valence-corrected chi connectivity index (χ0v) is 10.4. The fraction of sp³-hybridized carbons (Fsp3) is 0.429. The standard InChI is InChI=1S/C14H18N2O/c1-3-4-13-9-14(17)16(15-13)10-12-7-5-11(2)6-8-12/h5-8H,3-4,9-10H2,1-2H3. The smallest absolute Gasteiger partial charge is 0.248 e. The average Bonchev–Trinajstić information content (AvgIpc) is 2.63. The van der Waals surface area contributed by atoms with Crippen LogP contribution in [0.25, 0.3) is 0 Å². The second-order valence-corrected chi connectivity index (χ2v) is 4.53. The zero-order valence-electron chi connectivity index (χ0n) is 10.4. The molecule has 3 heteroatoms. The molecule has 1 aromatic rings. The molecule has 0 unspecified atom stereocenters. The largest absolute Gasteiger partial charge is 0.273 e. The fourth-order valence-electron chi connectivity index (χ4n) is 1.94. The Balaban J connectivity index is 2.03. The quantitative estimate of drug-likeness (QED) is 0.782. The Morgan fingerprint density at radius 1 is 1.29 bits per heavy atom. The Labute approximate surface area is 102 Å². The Morgan fingerprint density at radius 2 is 2.00 bits per heavy atom. The second-order valence-electron chi connectivity index (χ2n) is 4.53. The van der Waals surface area contributed by atoms with Crippen molar-refractivity contribution in [2.75, 3.05) is 0 Å². The predicted molar refractivity (Wildman–Crippen MR) is 68.7 cm³/mol. The number of amides is 1. The minimum atomic E-state index is 0.119. The van der Waals surface area contributed by atoms with Crippen molar-refractivity contribution in [3.8, 4) is 0 Å². The molecule has 1 aliphatic rings. The summed E-state index contributed by atoms with van der Waals surface area (Å²) in [6, 6.07) is 8.23. The van der Waals surface area contributed by atoms with Crippen LogP contribution in [-0.4, -0.2) is 16.6 Å². The van der Waals surface area contributed by atoms with Gasteiger partial charge >= 0.3 is 0 Å². The molecule has 0 spiro atoms. The monoisotopic (exact) mass is 230 g/mol. The first-order valence-electron chi connectivity index (χ1n) is 6.11. The highest BCUT2D eigenvalue weighted by atomic mass is 16.2. The summed E-state index contributed by atoms with van der Waals surface area (Å²) < 4.78 is 0. The lowest BCUT2D eigenvalue weighted by Crippen LogP contribution is -2.19. The molecule has 0 fully saturated rings.